The zero-order chi connectivity index (χ0) is 26.1. The van der Waals surface area contributed by atoms with Crippen LogP contribution in [0, 0.1) is 39.9 Å². The predicted molar refractivity (Wildman–Crippen MR) is 145 cm³/mol. The van der Waals surface area contributed by atoms with Gasteiger partial charge in [-0.3, -0.25) is 9.59 Å². The summed E-state index contributed by atoms with van der Waals surface area (Å²) in [7, 11) is 0. The molecule has 204 valence electrons. The zero-order valence-electron chi connectivity index (χ0n) is 22.9. The highest BCUT2D eigenvalue weighted by Crippen LogP contribution is 2.71. The van der Waals surface area contributed by atoms with E-state index in [4.69, 9.17) is 11.6 Å². The van der Waals surface area contributed by atoms with Crippen molar-refractivity contribution < 1.29 is 19.8 Å². The van der Waals surface area contributed by atoms with E-state index in [2.05, 4.69) is 20.8 Å². The van der Waals surface area contributed by atoms with Gasteiger partial charge in [-0.1, -0.05) is 59.3 Å². The van der Waals surface area contributed by atoms with Gasteiger partial charge < -0.3 is 10.2 Å². The number of unbranched alkanes of at least 4 members (excludes halogenated alkanes) is 6. The van der Waals surface area contributed by atoms with Crippen LogP contribution in [0.2, 0.25) is 0 Å². The number of carbonyl (C=O) groups is 2. The Labute approximate surface area is 223 Å². The van der Waals surface area contributed by atoms with Gasteiger partial charge in [0.15, 0.2) is 5.78 Å². The number of fused-ring (bicyclic) bond motifs is 5. The summed E-state index contributed by atoms with van der Waals surface area (Å²) in [6.45, 7) is 6.90. The van der Waals surface area contributed by atoms with E-state index in [1.807, 2.05) is 6.08 Å². The number of halogens is 1. The summed E-state index contributed by atoms with van der Waals surface area (Å²) in [6, 6.07) is 0. The van der Waals surface area contributed by atoms with E-state index in [0.717, 1.165) is 62.8 Å². The van der Waals surface area contributed by atoms with E-state index in [-0.39, 0.29) is 34.4 Å². The average Bonchev–Trinajstić information content (AvgIpc) is 3.08. The first-order valence-electron chi connectivity index (χ1n) is 14.8. The number of ketones is 1. The SMILES string of the molecule is CC1(CC(=O)O)CC[C@H]2[C@@H]3C(CCCCCCCCCCl)C(O)C4=CC(=O)CC[C@]4(C)[C@@H]3CC[C@@]21C. The van der Waals surface area contributed by atoms with Gasteiger partial charge in [0.1, 0.15) is 0 Å². The molecule has 4 aliphatic rings. The Morgan fingerprint density at radius 2 is 1.61 bits per heavy atom. The van der Waals surface area contributed by atoms with Crippen LogP contribution < -0.4 is 0 Å². The molecule has 4 rings (SSSR count). The minimum Gasteiger partial charge on any atom is -0.481 e. The van der Waals surface area contributed by atoms with Gasteiger partial charge in [-0.05, 0) is 96.5 Å². The summed E-state index contributed by atoms with van der Waals surface area (Å²) in [6.07, 6.45) is 16.5. The van der Waals surface area contributed by atoms with Gasteiger partial charge in [-0.15, -0.1) is 11.6 Å². The fourth-order valence-corrected chi connectivity index (χ4v) is 9.62. The topological polar surface area (TPSA) is 74.6 Å². The molecule has 4 nitrogen and oxygen atoms in total. The molecule has 0 bridgehead atoms. The fourth-order valence-electron chi connectivity index (χ4n) is 9.43. The van der Waals surface area contributed by atoms with Crippen LogP contribution in [0.3, 0.4) is 0 Å². The molecule has 0 saturated heterocycles. The molecule has 3 fully saturated rings. The van der Waals surface area contributed by atoms with Crippen LogP contribution in [0.4, 0.5) is 0 Å². The molecule has 0 spiro atoms. The molecule has 0 aromatic heterocycles. The van der Waals surface area contributed by atoms with Gasteiger partial charge in [0.2, 0.25) is 0 Å². The maximum Gasteiger partial charge on any atom is 0.303 e. The number of rotatable bonds is 11. The second-order valence-electron chi connectivity index (χ2n) is 13.5. The van der Waals surface area contributed by atoms with E-state index in [1.54, 1.807) is 0 Å². The number of aliphatic carboxylic acids is 1. The molecule has 0 aliphatic heterocycles. The molecule has 36 heavy (non-hydrogen) atoms. The van der Waals surface area contributed by atoms with Crippen molar-refractivity contribution in [3.8, 4) is 0 Å². The molecular formula is C31H49ClO4. The van der Waals surface area contributed by atoms with Crippen molar-refractivity contribution in [2.45, 2.75) is 123 Å². The lowest BCUT2D eigenvalue weighted by molar-refractivity contribution is -0.150. The number of hydrogen-bond acceptors (Lipinski definition) is 3. The number of carboxylic acid groups (broad SMARTS) is 1. The molecule has 0 amide bonds. The Balaban J connectivity index is 1.56. The third-order valence-electron chi connectivity index (χ3n) is 11.7. The average molecular weight is 521 g/mol. The first-order chi connectivity index (χ1) is 17.1. The summed E-state index contributed by atoms with van der Waals surface area (Å²) < 4.78 is 0. The van der Waals surface area contributed by atoms with Gasteiger partial charge in [-0.2, -0.15) is 0 Å². The number of aliphatic hydroxyl groups is 1. The maximum atomic E-state index is 12.4. The Morgan fingerprint density at radius 1 is 0.972 bits per heavy atom. The van der Waals surface area contributed by atoms with E-state index in [0.29, 0.717) is 24.2 Å². The fraction of sp³-hybridized carbons (Fsp3) is 0.871. The number of carboxylic acids is 1. The quantitative estimate of drug-likeness (QED) is 0.218. The molecule has 5 heteroatoms. The molecule has 4 aliphatic carbocycles. The first-order valence-corrected chi connectivity index (χ1v) is 15.3. The summed E-state index contributed by atoms with van der Waals surface area (Å²) in [5.74, 6) is 1.76. The standard InChI is InChI=1S/C31H49ClO4/c1-29(20-26(34)35)15-13-24-27-22(11-9-7-5-4-6-8-10-18-32)28(36)25-19-21(33)12-16-30(25,2)23(27)14-17-31(24,29)3/h19,22-24,27-28,36H,4-18,20H2,1-3H3,(H,34,35)/t22?,23-,24+,27-,28?,29?,30-,31+/m1/s1. The van der Waals surface area contributed by atoms with E-state index in [9.17, 15) is 19.8 Å². The molecular weight excluding hydrogens is 472 g/mol. The van der Waals surface area contributed by atoms with Crippen LogP contribution in [0.15, 0.2) is 11.6 Å². The Morgan fingerprint density at radius 3 is 2.28 bits per heavy atom. The van der Waals surface area contributed by atoms with Crippen LogP contribution in [-0.4, -0.2) is 33.9 Å². The number of hydrogen-bond donors (Lipinski definition) is 2. The first kappa shape index (κ1) is 28.1. The molecule has 8 atom stereocenters. The van der Waals surface area contributed by atoms with Crippen LogP contribution in [-0.2, 0) is 9.59 Å². The third-order valence-corrected chi connectivity index (χ3v) is 12.0. The van der Waals surface area contributed by atoms with E-state index >= 15 is 0 Å². The van der Waals surface area contributed by atoms with Gasteiger partial charge in [0, 0.05) is 12.3 Å². The normalized spacial score (nSPS) is 41.9. The minimum absolute atomic E-state index is 0.00495. The summed E-state index contributed by atoms with van der Waals surface area (Å²) in [5, 5.41) is 21.6. The molecule has 3 saturated carbocycles. The molecule has 0 heterocycles. The lowest BCUT2D eigenvalue weighted by Crippen LogP contribution is -2.59. The molecule has 0 radical (unpaired) electrons. The lowest BCUT2D eigenvalue weighted by Gasteiger charge is -2.63. The van der Waals surface area contributed by atoms with Crippen LogP contribution in [0.1, 0.15) is 117 Å². The van der Waals surface area contributed by atoms with Gasteiger partial charge in [-0.25, -0.2) is 0 Å². The highest BCUT2D eigenvalue weighted by Gasteiger charge is 2.65. The van der Waals surface area contributed by atoms with Crippen molar-refractivity contribution in [2.24, 2.45) is 39.9 Å². The smallest absolute Gasteiger partial charge is 0.303 e. The predicted octanol–water partition coefficient (Wildman–Crippen LogP) is 7.56. The van der Waals surface area contributed by atoms with Crippen molar-refractivity contribution >= 4 is 23.4 Å². The van der Waals surface area contributed by atoms with Gasteiger partial charge in [0.05, 0.1) is 12.5 Å². The summed E-state index contributed by atoms with van der Waals surface area (Å²) >= 11 is 5.80. The van der Waals surface area contributed by atoms with Crippen LogP contribution >= 0.6 is 11.6 Å². The Hall–Kier alpha value is -0.870. The molecule has 2 N–H and O–H groups in total. The van der Waals surface area contributed by atoms with Crippen molar-refractivity contribution in [3.63, 3.8) is 0 Å². The zero-order valence-corrected chi connectivity index (χ0v) is 23.6. The second-order valence-corrected chi connectivity index (χ2v) is 13.8. The van der Waals surface area contributed by atoms with Gasteiger partial charge in [0.25, 0.3) is 0 Å². The van der Waals surface area contributed by atoms with Crippen molar-refractivity contribution in [1.29, 1.82) is 0 Å². The highest BCUT2D eigenvalue weighted by molar-refractivity contribution is 6.17. The van der Waals surface area contributed by atoms with Crippen LogP contribution in [0.5, 0.6) is 0 Å². The third kappa shape index (κ3) is 4.95. The summed E-state index contributed by atoms with van der Waals surface area (Å²) in [5.41, 5.74) is 0.715. The molecule has 3 unspecified atom stereocenters. The number of alkyl halides is 1. The lowest BCUT2D eigenvalue weighted by atomic mass is 9.42. The van der Waals surface area contributed by atoms with E-state index < -0.39 is 12.1 Å². The summed E-state index contributed by atoms with van der Waals surface area (Å²) in [4.78, 5) is 24.3. The molecule has 0 aromatic carbocycles. The Bertz CT molecular complexity index is 854. The van der Waals surface area contributed by atoms with Gasteiger partial charge >= 0.3 is 5.97 Å². The van der Waals surface area contributed by atoms with Crippen molar-refractivity contribution in [2.75, 3.05) is 5.88 Å². The maximum absolute atomic E-state index is 12.4. The van der Waals surface area contributed by atoms with E-state index in [1.165, 1.54) is 32.1 Å². The van der Waals surface area contributed by atoms with Crippen molar-refractivity contribution in [1.82, 2.24) is 0 Å². The minimum atomic E-state index is -0.684. The monoisotopic (exact) mass is 520 g/mol. The second kappa shape index (κ2) is 11.1. The highest BCUT2D eigenvalue weighted by atomic mass is 35.5. The Kier molecular flexibility index (Phi) is 8.67. The number of aliphatic hydroxyl groups excluding tert-OH is 1. The van der Waals surface area contributed by atoms with Crippen LogP contribution in [0.25, 0.3) is 0 Å². The number of carbonyl (C=O) groups excluding carboxylic acids is 1. The largest absolute Gasteiger partial charge is 0.481 e. The van der Waals surface area contributed by atoms with Crippen molar-refractivity contribution in [3.05, 3.63) is 11.6 Å². The molecule has 0 aromatic rings.